The number of anilines is 1. The molecular weight excluding hydrogens is 326 g/mol. The van der Waals surface area contributed by atoms with E-state index in [0.717, 1.165) is 45.0 Å². The Morgan fingerprint density at radius 3 is 2.81 bits per heavy atom. The molecule has 0 unspecified atom stereocenters. The van der Waals surface area contributed by atoms with Crippen LogP contribution in [0.2, 0.25) is 0 Å². The summed E-state index contributed by atoms with van der Waals surface area (Å²) in [5.74, 6) is 1.54. The molecule has 2 aromatic carbocycles. The van der Waals surface area contributed by atoms with E-state index in [2.05, 4.69) is 49.7 Å². The first kappa shape index (κ1) is 16.1. The Bertz CT molecular complexity index is 1040. The Balaban J connectivity index is 1.63. The van der Waals surface area contributed by atoms with Crippen LogP contribution >= 0.6 is 0 Å². The maximum absolute atomic E-state index is 5.45. The highest BCUT2D eigenvalue weighted by molar-refractivity contribution is 5.95. The van der Waals surface area contributed by atoms with Crippen molar-refractivity contribution in [1.82, 2.24) is 20.2 Å². The molecule has 130 valence electrons. The van der Waals surface area contributed by atoms with Crippen LogP contribution in [-0.2, 0) is 6.54 Å². The van der Waals surface area contributed by atoms with Crippen LogP contribution in [0.4, 0.5) is 5.69 Å². The van der Waals surface area contributed by atoms with E-state index in [1.807, 2.05) is 31.2 Å². The summed E-state index contributed by atoms with van der Waals surface area (Å²) in [7, 11) is 1.67. The van der Waals surface area contributed by atoms with Crippen molar-refractivity contribution in [2.75, 3.05) is 12.4 Å². The molecule has 0 atom stereocenters. The fraction of sp³-hybridized carbons (Fsp3) is 0.150. The zero-order chi connectivity index (χ0) is 17.9. The third-order valence-electron chi connectivity index (χ3n) is 4.25. The predicted octanol–water partition coefficient (Wildman–Crippen LogP) is 3.95. The second kappa shape index (κ2) is 6.84. The number of aromatic nitrogens is 4. The van der Waals surface area contributed by atoms with Crippen molar-refractivity contribution in [3.05, 3.63) is 66.1 Å². The van der Waals surface area contributed by atoms with Crippen LogP contribution in [0.25, 0.3) is 22.3 Å². The SMILES string of the molecule is COc1cccc2c(NCc3cccc(-c4ncn[nH]4)c3)cc(C)nc12. The molecule has 6 nitrogen and oxygen atoms in total. The minimum atomic E-state index is 0.692. The molecule has 4 aromatic rings. The number of rotatable bonds is 5. The van der Waals surface area contributed by atoms with Crippen LogP contribution in [0.1, 0.15) is 11.3 Å². The van der Waals surface area contributed by atoms with Gasteiger partial charge in [-0.05, 0) is 30.7 Å². The number of ether oxygens (including phenoxy) is 1. The standard InChI is InChI=1S/C20H19N5O/c1-13-9-17(16-7-4-8-18(26-2)19(16)24-13)21-11-14-5-3-6-15(10-14)20-22-12-23-25-20/h3-10,12H,11H2,1-2H3,(H,21,24)(H,22,23,25). The summed E-state index contributed by atoms with van der Waals surface area (Å²) < 4.78 is 5.45. The van der Waals surface area contributed by atoms with Gasteiger partial charge < -0.3 is 10.1 Å². The number of pyridine rings is 1. The molecule has 0 spiro atoms. The number of aromatic amines is 1. The third-order valence-corrected chi connectivity index (χ3v) is 4.25. The average molecular weight is 345 g/mol. The molecule has 0 amide bonds. The monoisotopic (exact) mass is 345 g/mol. The number of nitrogens with zero attached hydrogens (tertiary/aromatic N) is 3. The summed E-state index contributed by atoms with van der Waals surface area (Å²) in [5.41, 5.74) is 5.02. The molecular formula is C20H19N5O. The Hall–Kier alpha value is -3.41. The third kappa shape index (κ3) is 3.09. The van der Waals surface area contributed by atoms with Crippen molar-refractivity contribution in [3.8, 4) is 17.1 Å². The molecule has 0 saturated carbocycles. The van der Waals surface area contributed by atoms with Crippen LogP contribution in [0, 0.1) is 6.92 Å². The number of fused-ring (bicyclic) bond motifs is 1. The largest absolute Gasteiger partial charge is 0.494 e. The number of H-pyrrole nitrogens is 1. The highest BCUT2D eigenvalue weighted by Crippen LogP contribution is 2.30. The fourth-order valence-electron chi connectivity index (χ4n) is 3.03. The molecule has 2 N–H and O–H groups in total. The van der Waals surface area contributed by atoms with Crippen LogP contribution in [0.15, 0.2) is 54.9 Å². The van der Waals surface area contributed by atoms with Gasteiger partial charge in [0.1, 0.15) is 17.6 Å². The lowest BCUT2D eigenvalue weighted by Gasteiger charge is -2.13. The molecule has 6 heteroatoms. The van der Waals surface area contributed by atoms with E-state index in [9.17, 15) is 0 Å². The van der Waals surface area contributed by atoms with Crippen molar-refractivity contribution in [2.24, 2.45) is 0 Å². The topological polar surface area (TPSA) is 75.7 Å². The number of hydrogen-bond donors (Lipinski definition) is 2. The van der Waals surface area contributed by atoms with E-state index >= 15 is 0 Å². The summed E-state index contributed by atoms with van der Waals surface area (Å²) in [5, 5.41) is 11.4. The Kier molecular flexibility index (Phi) is 4.23. The highest BCUT2D eigenvalue weighted by atomic mass is 16.5. The average Bonchev–Trinajstić information content (AvgIpc) is 3.20. The van der Waals surface area contributed by atoms with E-state index < -0.39 is 0 Å². The number of benzene rings is 2. The van der Waals surface area contributed by atoms with Gasteiger partial charge in [-0.15, -0.1) is 0 Å². The first-order chi connectivity index (χ1) is 12.7. The van der Waals surface area contributed by atoms with Crippen LogP contribution in [-0.4, -0.2) is 27.3 Å². The lowest BCUT2D eigenvalue weighted by Crippen LogP contribution is -2.02. The second-order valence-electron chi connectivity index (χ2n) is 6.06. The van der Waals surface area contributed by atoms with E-state index in [1.165, 1.54) is 6.33 Å². The first-order valence-electron chi connectivity index (χ1n) is 8.37. The number of methoxy groups -OCH3 is 1. The van der Waals surface area contributed by atoms with E-state index in [0.29, 0.717) is 6.54 Å². The molecule has 0 radical (unpaired) electrons. The van der Waals surface area contributed by atoms with Gasteiger partial charge in [-0.2, -0.15) is 5.10 Å². The fourth-order valence-corrected chi connectivity index (χ4v) is 3.03. The lowest BCUT2D eigenvalue weighted by atomic mass is 10.1. The molecule has 0 aliphatic carbocycles. The molecule has 0 fully saturated rings. The van der Waals surface area contributed by atoms with Gasteiger partial charge in [-0.25, -0.2) is 9.97 Å². The van der Waals surface area contributed by atoms with Gasteiger partial charge in [0.2, 0.25) is 0 Å². The van der Waals surface area contributed by atoms with Gasteiger partial charge in [0.25, 0.3) is 0 Å². The van der Waals surface area contributed by atoms with Crippen molar-refractivity contribution in [1.29, 1.82) is 0 Å². The summed E-state index contributed by atoms with van der Waals surface area (Å²) >= 11 is 0. The molecule has 0 aliphatic heterocycles. The van der Waals surface area contributed by atoms with E-state index in [1.54, 1.807) is 7.11 Å². The van der Waals surface area contributed by atoms with Gasteiger partial charge in [0.15, 0.2) is 5.82 Å². The van der Waals surface area contributed by atoms with Gasteiger partial charge in [-0.1, -0.05) is 30.3 Å². The predicted molar refractivity (Wildman–Crippen MR) is 102 cm³/mol. The Morgan fingerprint density at radius 2 is 2.00 bits per heavy atom. The van der Waals surface area contributed by atoms with Crippen molar-refractivity contribution in [2.45, 2.75) is 13.5 Å². The van der Waals surface area contributed by atoms with Crippen LogP contribution in [0.3, 0.4) is 0 Å². The number of aryl methyl sites for hydroxylation is 1. The maximum atomic E-state index is 5.45. The maximum Gasteiger partial charge on any atom is 0.155 e. The van der Waals surface area contributed by atoms with Gasteiger partial charge in [0.05, 0.1) is 7.11 Å². The summed E-state index contributed by atoms with van der Waals surface area (Å²) in [6.45, 7) is 2.68. The lowest BCUT2D eigenvalue weighted by molar-refractivity contribution is 0.419. The van der Waals surface area contributed by atoms with E-state index in [-0.39, 0.29) is 0 Å². The summed E-state index contributed by atoms with van der Waals surface area (Å²) in [6.07, 6.45) is 1.51. The Labute approximate surface area is 151 Å². The zero-order valence-corrected chi connectivity index (χ0v) is 14.7. The van der Waals surface area contributed by atoms with Crippen LogP contribution < -0.4 is 10.1 Å². The zero-order valence-electron chi connectivity index (χ0n) is 14.7. The molecule has 2 heterocycles. The van der Waals surface area contributed by atoms with Crippen molar-refractivity contribution >= 4 is 16.6 Å². The molecule has 26 heavy (non-hydrogen) atoms. The van der Waals surface area contributed by atoms with Gasteiger partial charge in [-0.3, -0.25) is 5.10 Å². The molecule has 0 saturated heterocycles. The molecule has 4 rings (SSSR count). The minimum absolute atomic E-state index is 0.692. The molecule has 2 aromatic heterocycles. The molecule has 0 aliphatic rings. The summed E-state index contributed by atoms with van der Waals surface area (Å²) in [4.78, 5) is 8.83. The minimum Gasteiger partial charge on any atom is -0.494 e. The van der Waals surface area contributed by atoms with Gasteiger partial charge >= 0.3 is 0 Å². The Morgan fingerprint density at radius 1 is 1.12 bits per heavy atom. The van der Waals surface area contributed by atoms with Crippen LogP contribution in [0.5, 0.6) is 5.75 Å². The van der Waals surface area contributed by atoms with E-state index in [4.69, 9.17) is 4.74 Å². The van der Waals surface area contributed by atoms with Gasteiger partial charge in [0, 0.05) is 28.9 Å². The quantitative estimate of drug-likeness (QED) is 0.573. The smallest absolute Gasteiger partial charge is 0.155 e. The van der Waals surface area contributed by atoms with Crippen molar-refractivity contribution in [3.63, 3.8) is 0 Å². The van der Waals surface area contributed by atoms with Crippen molar-refractivity contribution < 1.29 is 4.74 Å². The molecule has 0 bridgehead atoms. The number of para-hydroxylation sites is 1. The highest BCUT2D eigenvalue weighted by Gasteiger charge is 2.09. The first-order valence-corrected chi connectivity index (χ1v) is 8.37. The summed E-state index contributed by atoms with van der Waals surface area (Å²) in [6, 6.07) is 16.2. The second-order valence-corrected chi connectivity index (χ2v) is 6.06. The number of hydrogen-bond acceptors (Lipinski definition) is 5. The normalized spacial score (nSPS) is 10.8. The number of nitrogens with one attached hydrogen (secondary N) is 2.